The van der Waals surface area contributed by atoms with Gasteiger partial charge in [0.15, 0.2) is 6.61 Å². The van der Waals surface area contributed by atoms with Crippen LogP contribution < -0.4 is 9.46 Å². The Morgan fingerprint density at radius 1 is 1.08 bits per heavy atom. The van der Waals surface area contributed by atoms with Gasteiger partial charge >= 0.3 is 5.97 Å². The average molecular weight is 416 g/mol. The summed E-state index contributed by atoms with van der Waals surface area (Å²) in [6.07, 6.45) is 0. The highest BCUT2D eigenvalue weighted by atomic mass is 35.5. The van der Waals surface area contributed by atoms with Gasteiger partial charge in [-0.25, -0.2) is 17.9 Å². The Labute approximate surface area is 161 Å². The van der Waals surface area contributed by atoms with Gasteiger partial charge in [0.05, 0.1) is 4.90 Å². The summed E-state index contributed by atoms with van der Waals surface area (Å²) in [5.74, 6) is 0.691. The van der Waals surface area contributed by atoms with Crippen LogP contribution in [0.15, 0.2) is 59.5 Å². The monoisotopic (exact) mass is 415 g/mol. The molecule has 0 fully saturated rings. The van der Waals surface area contributed by atoms with E-state index in [4.69, 9.17) is 21.1 Å². The van der Waals surface area contributed by atoms with Gasteiger partial charge in [-0.2, -0.15) is 0 Å². The predicted molar refractivity (Wildman–Crippen MR) is 102 cm³/mol. The van der Waals surface area contributed by atoms with Crippen molar-refractivity contribution in [2.45, 2.75) is 4.90 Å². The molecule has 0 saturated heterocycles. The van der Waals surface area contributed by atoms with Crippen LogP contribution in [-0.4, -0.2) is 39.2 Å². The number of ether oxygens (including phenoxy) is 2. The van der Waals surface area contributed by atoms with Crippen LogP contribution in [-0.2, 0) is 19.6 Å². The zero-order valence-corrected chi connectivity index (χ0v) is 16.1. The molecule has 0 atom stereocenters. The Kier molecular flexibility index (Phi) is 8.24. The second-order valence-corrected chi connectivity index (χ2v) is 8.25. The van der Waals surface area contributed by atoms with Crippen molar-refractivity contribution < 1.29 is 22.7 Å². The van der Waals surface area contributed by atoms with Gasteiger partial charge in [0.1, 0.15) is 11.7 Å². The maximum absolute atomic E-state index is 12.0. The van der Waals surface area contributed by atoms with Crippen molar-refractivity contribution in [3.63, 3.8) is 0 Å². The number of halogens is 1. The molecule has 2 aromatic rings. The maximum Gasteiger partial charge on any atom is 0.344 e. The summed E-state index contributed by atoms with van der Waals surface area (Å²) in [5.41, 5.74) is 0. The van der Waals surface area contributed by atoms with Gasteiger partial charge in [0, 0.05) is 17.3 Å². The molecule has 140 valence electrons. The maximum atomic E-state index is 12.0. The second kappa shape index (κ2) is 10.4. The fraction of sp³-hybridized carbons (Fsp3) is 0.235. The number of thioether (sulfide) groups is 1. The van der Waals surface area contributed by atoms with E-state index >= 15 is 0 Å². The molecule has 2 rings (SSSR count). The summed E-state index contributed by atoms with van der Waals surface area (Å²) in [6.45, 7) is 0.0431. The quantitative estimate of drug-likeness (QED) is 0.365. The largest absolute Gasteiger partial charge is 0.482 e. The fourth-order valence-electron chi connectivity index (χ4n) is 1.81. The lowest BCUT2D eigenvalue weighted by Gasteiger charge is -2.08. The molecular weight excluding hydrogens is 398 g/mol. The van der Waals surface area contributed by atoms with E-state index < -0.39 is 16.0 Å². The third kappa shape index (κ3) is 7.25. The van der Waals surface area contributed by atoms with Crippen LogP contribution in [0.1, 0.15) is 0 Å². The van der Waals surface area contributed by atoms with Crippen LogP contribution in [0, 0.1) is 0 Å². The lowest BCUT2D eigenvalue weighted by atomic mass is 10.3. The van der Waals surface area contributed by atoms with Crippen LogP contribution in [0.25, 0.3) is 0 Å². The highest BCUT2D eigenvalue weighted by Crippen LogP contribution is 2.14. The topological polar surface area (TPSA) is 81.7 Å². The molecule has 26 heavy (non-hydrogen) atoms. The zero-order chi connectivity index (χ0) is 18.8. The molecule has 1 N–H and O–H groups in total. The number of rotatable bonds is 10. The van der Waals surface area contributed by atoms with Crippen molar-refractivity contribution in [2.24, 2.45) is 0 Å². The van der Waals surface area contributed by atoms with Crippen LogP contribution >= 0.6 is 23.4 Å². The minimum absolute atomic E-state index is 0.125. The highest BCUT2D eigenvalue weighted by Gasteiger charge is 2.12. The Bertz CT molecular complexity index is 798. The van der Waals surface area contributed by atoms with Crippen molar-refractivity contribution in [1.29, 1.82) is 0 Å². The van der Waals surface area contributed by atoms with Gasteiger partial charge < -0.3 is 9.47 Å². The van der Waals surface area contributed by atoms with Crippen molar-refractivity contribution in [2.75, 3.05) is 24.8 Å². The van der Waals surface area contributed by atoms with Crippen molar-refractivity contribution in [3.8, 4) is 5.75 Å². The molecule has 0 unspecified atom stereocenters. The summed E-state index contributed by atoms with van der Waals surface area (Å²) in [4.78, 5) is 11.7. The van der Waals surface area contributed by atoms with E-state index in [9.17, 15) is 13.2 Å². The number of hydrogen-bond acceptors (Lipinski definition) is 6. The van der Waals surface area contributed by atoms with Gasteiger partial charge in [0.25, 0.3) is 0 Å². The van der Waals surface area contributed by atoms with Crippen molar-refractivity contribution >= 4 is 39.4 Å². The number of esters is 1. The van der Waals surface area contributed by atoms with E-state index in [0.29, 0.717) is 16.5 Å². The molecule has 0 aromatic heterocycles. The first kappa shape index (κ1) is 20.6. The van der Waals surface area contributed by atoms with E-state index in [-0.39, 0.29) is 24.0 Å². The Balaban J connectivity index is 1.58. The highest BCUT2D eigenvalue weighted by molar-refractivity contribution is 7.99. The molecule has 9 heteroatoms. The summed E-state index contributed by atoms with van der Waals surface area (Å²) in [5, 5.41) is 0.470. The number of benzene rings is 2. The smallest absolute Gasteiger partial charge is 0.344 e. The number of carbonyl (C=O) groups excluding carboxylic acids is 1. The molecule has 0 saturated carbocycles. The van der Waals surface area contributed by atoms with Crippen LogP contribution in [0.2, 0.25) is 5.02 Å². The molecule has 0 amide bonds. The molecule has 0 radical (unpaired) electrons. The van der Waals surface area contributed by atoms with Gasteiger partial charge in [-0.05, 0) is 36.4 Å². The summed E-state index contributed by atoms with van der Waals surface area (Å²) < 4.78 is 36.8. The summed E-state index contributed by atoms with van der Waals surface area (Å²) >= 11 is 7.03. The molecule has 0 spiro atoms. The molecule has 0 aliphatic rings. The van der Waals surface area contributed by atoms with Crippen molar-refractivity contribution in [3.05, 3.63) is 59.6 Å². The van der Waals surface area contributed by atoms with Crippen molar-refractivity contribution in [1.82, 2.24) is 4.72 Å². The predicted octanol–water partition coefficient (Wildman–Crippen LogP) is 2.93. The second-order valence-electron chi connectivity index (χ2n) is 5.00. The van der Waals surface area contributed by atoms with Gasteiger partial charge in [-0.15, -0.1) is 11.8 Å². The van der Waals surface area contributed by atoms with E-state index in [1.54, 1.807) is 12.1 Å². The molecule has 0 aliphatic carbocycles. The first-order valence-corrected chi connectivity index (χ1v) is 10.7. The number of nitrogens with one attached hydrogen (secondary N) is 1. The normalized spacial score (nSPS) is 11.1. The molecular formula is C17H18ClNO5S2. The fourth-order valence-corrected chi connectivity index (χ4v) is 3.68. The number of hydrogen-bond donors (Lipinski definition) is 1. The lowest BCUT2D eigenvalue weighted by molar-refractivity contribution is -0.143. The van der Waals surface area contributed by atoms with E-state index in [1.807, 2.05) is 18.2 Å². The van der Waals surface area contributed by atoms with Crippen LogP contribution in [0.3, 0.4) is 0 Å². The first-order valence-electron chi connectivity index (χ1n) is 7.64. The Morgan fingerprint density at radius 3 is 2.46 bits per heavy atom. The minimum Gasteiger partial charge on any atom is -0.482 e. The average Bonchev–Trinajstić information content (AvgIpc) is 2.64. The SMILES string of the molecule is O=C(COc1ccccc1)OCSCCNS(=O)(=O)c1ccc(Cl)cc1. The molecule has 0 bridgehead atoms. The van der Waals surface area contributed by atoms with Gasteiger partial charge in [-0.1, -0.05) is 29.8 Å². The van der Waals surface area contributed by atoms with E-state index in [2.05, 4.69) is 4.72 Å². The first-order chi connectivity index (χ1) is 12.5. The van der Waals surface area contributed by atoms with E-state index in [1.165, 1.54) is 36.0 Å². The summed E-state index contributed by atoms with van der Waals surface area (Å²) in [7, 11) is -3.57. The Morgan fingerprint density at radius 2 is 1.77 bits per heavy atom. The van der Waals surface area contributed by atoms with E-state index in [0.717, 1.165) is 0 Å². The van der Waals surface area contributed by atoms with Crippen LogP contribution in [0.4, 0.5) is 0 Å². The molecule has 2 aromatic carbocycles. The number of carbonyl (C=O) groups is 1. The third-order valence-corrected chi connectivity index (χ3v) is 5.57. The Hall–Kier alpha value is -1.74. The molecule has 6 nitrogen and oxygen atoms in total. The third-order valence-electron chi connectivity index (χ3n) is 3.07. The number of para-hydroxylation sites is 1. The number of sulfonamides is 1. The lowest BCUT2D eigenvalue weighted by Crippen LogP contribution is -2.26. The summed E-state index contributed by atoms with van der Waals surface area (Å²) in [6, 6.07) is 14.9. The zero-order valence-electron chi connectivity index (χ0n) is 13.8. The standard InChI is InChI=1S/C17H18ClNO5S2/c18-14-6-8-16(9-7-14)26(21,22)19-10-11-25-13-24-17(20)12-23-15-4-2-1-3-5-15/h1-9,19H,10-13H2. The molecule has 0 aliphatic heterocycles. The molecule has 0 heterocycles. The van der Waals surface area contributed by atoms with Crippen LogP contribution in [0.5, 0.6) is 5.75 Å². The van der Waals surface area contributed by atoms with Gasteiger partial charge in [-0.3, -0.25) is 0 Å². The van der Waals surface area contributed by atoms with Gasteiger partial charge in [0.2, 0.25) is 10.0 Å². The minimum atomic E-state index is -3.57.